The van der Waals surface area contributed by atoms with Gasteiger partial charge in [0.15, 0.2) is 5.78 Å². The highest BCUT2D eigenvalue weighted by Crippen LogP contribution is 2.33. The fourth-order valence-corrected chi connectivity index (χ4v) is 2.40. The van der Waals surface area contributed by atoms with Gasteiger partial charge in [0.1, 0.15) is 17.2 Å². The molecule has 0 atom stereocenters. The van der Waals surface area contributed by atoms with Crippen LogP contribution < -0.4 is 4.74 Å². The summed E-state index contributed by atoms with van der Waals surface area (Å²) in [7, 11) is 1.54. The monoisotopic (exact) mass is 338 g/mol. The minimum absolute atomic E-state index is 0.115. The molecule has 0 spiro atoms. The van der Waals surface area contributed by atoms with E-state index in [1.807, 2.05) is 19.9 Å². The Labute approximate surface area is 147 Å². The normalized spacial score (nSPS) is 10.7. The quantitative estimate of drug-likeness (QED) is 0.462. The molecule has 0 radical (unpaired) electrons. The van der Waals surface area contributed by atoms with Gasteiger partial charge in [0, 0.05) is 16.7 Å². The van der Waals surface area contributed by atoms with Crippen LogP contribution in [0.4, 0.5) is 0 Å². The number of hydrogen-bond acceptors (Lipinski definition) is 4. The number of phenols is 2. The third-order valence-electron chi connectivity index (χ3n) is 3.75. The van der Waals surface area contributed by atoms with E-state index in [2.05, 4.69) is 0 Å². The molecule has 4 heteroatoms. The Morgan fingerprint density at radius 1 is 1.08 bits per heavy atom. The Kier molecular flexibility index (Phi) is 6.01. The molecule has 0 aliphatic heterocycles. The minimum atomic E-state index is -0.180. The van der Waals surface area contributed by atoms with Gasteiger partial charge in [-0.1, -0.05) is 11.6 Å². The zero-order valence-electron chi connectivity index (χ0n) is 14.6. The second-order valence-electron chi connectivity index (χ2n) is 5.92. The molecule has 0 saturated heterocycles. The molecule has 0 aliphatic carbocycles. The highest BCUT2D eigenvalue weighted by Gasteiger charge is 2.12. The molecule has 0 bridgehead atoms. The average molecular weight is 338 g/mol. The number of ketones is 1. The maximum Gasteiger partial charge on any atom is 0.185 e. The van der Waals surface area contributed by atoms with Gasteiger partial charge in [-0.2, -0.15) is 0 Å². The van der Waals surface area contributed by atoms with Gasteiger partial charge in [-0.15, -0.1) is 0 Å². The standard InChI is InChI=1S/C21H22O4/c1-14(2)4-11-18-20(24)13-8-16(21(18)25-3)7-12-19(23)15-5-9-17(22)10-6-15/h4-10,12-13,22,24H,11H2,1-3H3. The number of ether oxygens (including phenoxy) is 1. The van der Waals surface area contributed by atoms with E-state index in [4.69, 9.17) is 4.74 Å². The summed E-state index contributed by atoms with van der Waals surface area (Å²) >= 11 is 0. The summed E-state index contributed by atoms with van der Waals surface area (Å²) < 4.78 is 5.46. The highest BCUT2D eigenvalue weighted by molar-refractivity contribution is 6.07. The van der Waals surface area contributed by atoms with Gasteiger partial charge in [-0.25, -0.2) is 0 Å². The van der Waals surface area contributed by atoms with E-state index >= 15 is 0 Å². The van der Waals surface area contributed by atoms with Crippen molar-refractivity contribution in [3.05, 3.63) is 70.8 Å². The summed E-state index contributed by atoms with van der Waals surface area (Å²) in [5.74, 6) is 0.647. The SMILES string of the molecule is COc1c(C=CC(=O)c2ccc(O)cc2)ccc(O)c1CC=C(C)C. The van der Waals surface area contributed by atoms with Crippen molar-refractivity contribution in [2.24, 2.45) is 0 Å². The van der Waals surface area contributed by atoms with E-state index in [1.165, 1.54) is 18.2 Å². The Bertz CT molecular complexity index is 811. The summed E-state index contributed by atoms with van der Waals surface area (Å²) in [5.41, 5.74) is 3.02. The lowest BCUT2D eigenvalue weighted by Gasteiger charge is -2.12. The average Bonchev–Trinajstić information content (AvgIpc) is 2.59. The number of aromatic hydroxyl groups is 2. The Hall–Kier alpha value is -3.01. The van der Waals surface area contributed by atoms with E-state index in [0.29, 0.717) is 28.9 Å². The van der Waals surface area contributed by atoms with Crippen LogP contribution in [0.15, 0.2) is 54.1 Å². The van der Waals surface area contributed by atoms with Gasteiger partial charge < -0.3 is 14.9 Å². The molecule has 2 rings (SSSR count). The number of hydrogen-bond donors (Lipinski definition) is 2. The lowest BCUT2D eigenvalue weighted by Crippen LogP contribution is -1.96. The minimum Gasteiger partial charge on any atom is -0.508 e. The second-order valence-corrected chi connectivity index (χ2v) is 5.92. The number of allylic oxidation sites excluding steroid dienone is 3. The first-order valence-corrected chi connectivity index (χ1v) is 7.96. The molecule has 0 heterocycles. The fourth-order valence-electron chi connectivity index (χ4n) is 2.40. The summed E-state index contributed by atoms with van der Waals surface area (Å²) in [6.45, 7) is 3.98. The van der Waals surface area contributed by atoms with E-state index in [0.717, 1.165) is 5.57 Å². The molecule has 2 aromatic carbocycles. The van der Waals surface area contributed by atoms with Crippen molar-refractivity contribution in [2.75, 3.05) is 7.11 Å². The lowest BCUT2D eigenvalue weighted by molar-refractivity contribution is 0.104. The zero-order valence-corrected chi connectivity index (χ0v) is 14.6. The molecule has 2 aromatic rings. The Morgan fingerprint density at radius 3 is 2.36 bits per heavy atom. The van der Waals surface area contributed by atoms with Gasteiger partial charge in [0.25, 0.3) is 0 Å². The van der Waals surface area contributed by atoms with Crippen LogP contribution in [-0.4, -0.2) is 23.1 Å². The van der Waals surface area contributed by atoms with Crippen molar-refractivity contribution < 1.29 is 19.7 Å². The van der Waals surface area contributed by atoms with Crippen LogP contribution in [0.3, 0.4) is 0 Å². The smallest absolute Gasteiger partial charge is 0.185 e. The first-order chi connectivity index (χ1) is 11.9. The predicted molar refractivity (Wildman–Crippen MR) is 99.3 cm³/mol. The molecule has 2 N–H and O–H groups in total. The topological polar surface area (TPSA) is 66.8 Å². The molecule has 4 nitrogen and oxygen atoms in total. The maximum atomic E-state index is 12.2. The number of carbonyl (C=O) groups is 1. The molecule has 25 heavy (non-hydrogen) atoms. The molecule has 0 amide bonds. The lowest BCUT2D eigenvalue weighted by atomic mass is 10.0. The van der Waals surface area contributed by atoms with Gasteiger partial charge in [-0.3, -0.25) is 4.79 Å². The van der Waals surface area contributed by atoms with Crippen LogP contribution in [0.5, 0.6) is 17.2 Å². The number of carbonyl (C=O) groups excluding carboxylic acids is 1. The third kappa shape index (κ3) is 4.73. The molecule has 0 aromatic heterocycles. The van der Waals surface area contributed by atoms with Crippen molar-refractivity contribution in [3.63, 3.8) is 0 Å². The van der Waals surface area contributed by atoms with Crippen LogP contribution in [0, 0.1) is 0 Å². The van der Waals surface area contributed by atoms with E-state index < -0.39 is 0 Å². The first-order valence-electron chi connectivity index (χ1n) is 7.96. The van der Waals surface area contributed by atoms with Crippen LogP contribution in [0.2, 0.25) is 0 Å². The first kappa shape index (κ1) is 18.3. The summed E-state index contributed by atoms with van der Waals surface area (Å²) in [6, 6.07) is 9.38. The third-order valence-corrected chi connectivity index (χ3v) is 3.75. The van der Waals surface area contributed by atoms with E-state index in [1.54, 1.807) is 37.5 Å². The number of phenolic OH excluding ortho intramolecular Hbond substituents is 2. The molecule has 0 fully saturated rings. The number of benzene rings is 2. The van der Waals surface area contributed by atoms with Crippen LogP contribution >= 0.6 is 0 Å². The molecule has 0 aliphatic rings. The van der Waals surface area contributed by atoms with Gasteiger partial charge in [-0.05, 0) is 68.8 Å². The molecule has 130 valence electrons. The van der Waals surface area contributed by atoms with Crippen molar-refractivity contribution in [1.29, 1.82) is 0 Å². The largest absolute Gasteiger partial charge is 0.508 e. The van der Waals surface area contributed by atoms with Crippen molar-refractivity contribution in [1.82, 2.24) is 0 Å². The summed E-state index contributed by atoms with van der Waals surface area (Å²) in [5, 5.41) is 19.4. The fraction of sp³-hybridized carbons (Fsp3) is 0.190. The van der Waals surface area contributed by atoms with Crippen LogP contribution in [-0.2, 0) is 6.42 Å². The zero-order chi connectivity index (χ0) is 18.4. The van der Waals surface area contributed by atoms with Crippen molar-refractivity contribution in [3.8, 4) is 17.2 Å². The maximum absolute atomic E-state index is 12.2. The second kappa shape index (κ2) is 8.20. The summed E-state index contributed by atoms with van der Waals surface area (Å²) in [6.07, 6.45) is 5.67. The van der Waals surface area contributed by atoms with Crippen LogP contribution in [0.1, 0.15) is 35.3 Å². The van der Waals surface area contributed by atoms with E-state index in [-0.39, 0.29) is 17.3 Å². The number of methoxy groups -OCH3 is 1. The molecular weight excluding hydrogens is 316 g/mol. The van der Waals surface area contributed by atoms with Crippen molar-refractivity contribution in [2.45, 2.75) is 20.3 Å². The van der Waals surface area contributed by atoms with Gasteiger partial charge >= 0.3 is 0 Å². The molecular formula is C21H22O4. The van der Waals surface area contributed by atoms with Crippen molar-refractivity contribution >= 4 is 11.9 Å². The molecule has 0 unspecified atom stereocenters. The van der Waals surface area contributed by atoms with E-state index in [9.17, 15) is 15.0 Å². The number of rotatable bonds is 6. The Balaban J connectivity index is 2.32. The van der Waals surface area contributed by atoms with Crippen LogP contribution in [0.25, 0.3) is 6.08 Å². The molecule has 0 saturated carbocycles. The Morgan fingerprint density at radius 2 is 1.76 bits per heavy atom. The highest BCUT2D eigenvalue weighted by atomic mass is 16.5. The summed E-state index contributed by atoms with van der Waals surface area (Å²) in [4.78, 5) is 12.2. The predicted octanol–water partition coefficient (Wildman–Crippen LogP) is 4.51. The van der Waals surface area contributed by atoms with Gasteiger partial charge in [0.05, 0.1) is 7.11 Å². The van der Waals surface area contributed by atoms with Gasteiger partial charge in [0.2, 0.25) is 0 Å².